The monoisotopic (exact) mass is 514 g/mol. The standard InChI is InChI=1S/C27H35ClN4O4/c1-17-16-31(25(34)36-26(2,3)4)7-8-32(17)22-12-18-13-23(29-15-19(18)11-21(22)28)30-24(33)20-14-27(20)5-9-35-10-6-27/h11-13,15,17,20H,5-10,14,16H2,1-4H3,(H,29,30,33)/t17-,20?/m0/s1. The molecule has 36 heavy (non-hydrogen) atoms. The maximum absolute atomic E-state index is 12.9. The Hall–Kier alpha value is -2.58. The van der Waals surface area contributed by atoms with Crippen molar-refractivity contribution >= 4 is 45.9 Å². The minimum Gasteiger partial charge on any atom is -0.444 e. The van der Waals surface area contributed by atoms with Crippen molar-refractivity contribution < 1.29 is 19.1 Å². The molecular formula is C27H35ClN4O4. The molecule has 1 aromatic heterocycles. The van der Waals surface area contributed by atoms with Gasteiger partial charge < -0.3 is 24.6 Å². The van der Waals surface area contributed by atoms with Gasteiger partial charge in [-0.25, -0.2) is 9.78 Å². The molecule has 2 saturated heterocycles. The fraction of sp³-hybridized carbons (Fsp3) is 0.593. The molecule has 3 heterocycles. The number of nitrogens with zero attached hydrogens (tertiary/aromatic N) is 3. The Morgan fingerprint density at radius 2 is 1.92 bits per heavy atom. The van der Waals surface area contributed by atoms with E-state index in [9.17, 15) is 9.59 Å². The van der Waals surface area contributed by atoms with Gasteiger partial charge in [-0.15, -0.1) is 0 Å². The summed E-state index contributed by atoms with van der Waals surface area (Å²) in [6.07, 6.45) is 4.31. The van der Waals surface area contributed by atoms with Gasteiger partial charge >= 0.3 is 6.09 Å². The highest BCUT2D eigenvalue weighted by Gasteiger charge is 2.58. The first-order valence-electron chi connectivity index (χ1n) is 12.8. The van der Waals surface area contributed by atoms with E-state index < -0.39 is 5.60 Å². The molecule has 0 radical (unpaired) electrons. The zero-order valence-corrected chi connectivity index (χ0v) is 22.2. The first-order valence-corrected chi connectivity index (χ1v) is 13.1. The molecule has 9 heteroatoms. The number of benzene rings is 1. The van der Waals surface area contributed by atoms with Crippen LogP contribution in [0.5, 0.6) is 0 Å². The Morgan fingerprint density at radius 1 is 1.17 bits per heavy atom. The molecule has 2 atom stereocenters. The second-order valence-corrected chi connectivity index (χ2v) is 11.8. The molecule has 3 fully saturated rings. The number of ether oxygens (including phenoxy) is 2. The number of piperazine rings is 1. The first-order chi connectivity index (χ1) is 17.0. The van der Waals surface area contributed by atoms with Gasteiger partial charge in [-0.05, 0) is 76.0 Å². The number of carbonyl (C=O) groups is 2. The van der Waals surface area contributed by atoms with Crippen LogP contribution in [-0.4, -0.2) is 66.4 Å². The average molecular weight is 515 g/mol. The summed E-state index contributed by atoms with van der Waals surface area (Å²) in [5.74, 6) is 0.643. The lowest BCUT2D eigenvalue weighted by Crippen LogP contribution is -2.54. The van der Waals surface area contributed by atoms with Crippen LogP contribution < -0.4 is 10.2 Å². The van der Waals surface area contributed by atoms with Crippen molar-refractivity contribution in [3.63, 3.8) is 0 Å². The van der Waals surface area contributed by atoms with Gasteiger partial charge in [-0.2, -0.15) is 0 Å². The van der Waals surface area contributed by atoms with Crippen molar-refractivity contribution in [2.45, 2.75) is 58.6 Å². The summed E-state index contributed by atoms with van der Waals surface area (Å²) in [5.41, 5.74) is 0.509. The number of carbonyl (C=O) groups excluding carboxylic acids is 2. The maximum atomic E-state index is 12.9. The van der Waals surface area contributed by atoms with Crippen LogP contribution in [0.25, 0.3) is 10.8 Å². The molecule has 1 aromatic carbocycles. The van der Waals surface area contributed by atoms with E-state index >= 15 is 0 Å². The largest absolute Gasteiger partial charge is 0.444 e. The van der Waals surface area contributed by atoms with Crippen LogP contribution in [0.4, 0.5) is 16.3 Å². The molecule has 8 nitrogen and oxygen atoms in total. The van der Waals surface area contributed by atoms with Gasteiger partial charge in [-0.3, -0.25) is 4.79 Å². The molecule has 1 unspecified atom stereocenters. The number of rotatable bonds is 3. The molecule has 1 N–H and O–H groups in total. The molecule has 3 aliphatic rings. The minimum atomic E-state index is -0.523. The SMILES string of the molecule is C[C@H]1CN(C(=O)OC(C)(C)C)CCN1c1cc2cc(NC(=O)C3CC34CCOCC4)ncc2cc1Cl. The number of hydrogen-bond acceptors (Lipinski definition) is 6. The Kier molecular flexibility index (Phi) is 6.53. The molecule has 1 aliphatic carbocycles. The van der Waals surface area contributed by atoms with E-state index in [1.165, 1.54) is 0 Å². The Labute approximate surface area is 217 Å². The summed E-state index contributed by atoms with van der Waals surface area (Å²) in [6, 6.07) is 5.93. The second-order valence-electron chi connectivity index (χ2n) is 11.4. The Balaban J connectivity index is 1.29. The number of pyridine rings is 1. The molecular weight excluding hydrogens is 480 g/mol. The van der Waals surface area contributed by atoms with E-state index in [0.29, 0.717) is 30.5 Å². The van der Waals surface area contributed by atoms with Gasteiger partial charge in [0.05, 0.1) is 10.7 Å². The third-order valence-electron chi connectivity index (χ3n) is 7.62. The van der Waals surface area contributed by atoms with Gasteiger partial charge in [0.1, 0.15) is 11.4 Å². The zero-order chi connectivity index (χ0) is 25.7. The summed E-state index contributed by atoms with van der Waals surface area (Å²) >= 11 is 6.69. The maximum Gasteiger partial charge on any atom is 0.410 e. The average Bonchev–Trinajstić information content (AvgIpc) is 3.51. The second kappa shape index (κ2) is 9.38. The third-order valence-corrected chi connectivity index (χ3v) is 7.92. The number of anilines is 2. The fourth-order valence-corrected chi connectivity index (χ4v) is 5.79. The molecule has 1 saturated carbocycles. The third kappa shape index (κ3) is 5.11. The van der Waals surface area contributed by atoms with Crippen molar-refractivity contribution in [2.24, 2.45) is 11.3 Å². The molecule has 2 aliphatic heterocycles. The Morgan fingerprint density at radius 3 is 2.61 bits per heavy atom. The number of amides is 2. The zero-order valence-electron chi connectivity index (χ0n) is 21.5. The van der Waals surface area contributed by atoms with Gasteiger partial charge in [0, 0.05) is 56.4 Å². The Bertz CT molecular complexity index is 1170. The summed E-state index contributed by atoms with van der Waals surface area (Å²) in [6.45, 7) is 10.9. The lowest BCUT2D eigenvalue weighted by molar-refractivity contribution is -0.118. The minimum absolute atomic E-state index is 0.0433. The van der Waals surface area contributed by atoms with Gasteiger partial charge in [0.2, 0.25) is 5.91 Å². The number of nitrogens with one attached hydrogen (secondary N) is 1. The van der Waals surface area contributed by atoms with Crippen molar-refractivity contribution in [2.75, 3.05) is 43.1 Å². The lowest BCUT2D eigenvalue weighted by Gasteiger charge is -2.41. The van der Waals surface area contributed by atoms with Gasteiger partial charge in [-0.1, -0.05) is 11.6 Å². The van der Waals surface area contributed by atoms with Crippen LogP contribution in [0.1, 0.15) is 47.0 Å². The summed E-state index contributed by atoms with van der Waals surface area (Å²) < 4.78 is 11.0. The topological polar surface area (TPSA) is 84.0 Å². The van der Waals surface area contributed by atoms with Crippen LogP contribution in [-0.2, 0) is 14.3 Å². The highest BCUT2D eigenvalue weighted by molar-refractivity contribution is 6.34. The van der Waals surface area contributed by atoms with E-state index in [0.717, 1.165) is 48.9 Å². The van der Waals surface area contributed by atoms with E-state index in [-0.39, 0.29) is 29.4 Å². The molecule has 1 spiro atoms. The molecule has 2 aromatic rings. The number of fused-ring (bicyclic) bond motifs is 1. The van der Waals surface area contributed by atoms with Crippen LogP contribution in [0, 0.1) is 11.3 Å². The van der Waals surface area contributed by atoms with E-state index in [4.69, 9.17) is 21.1 Å². The fourth-order valence-electron chi connectivity index (χ4n) is 5.51. The van der Waals surface area contributed by atoms with E-state index in [2.05, 4.69) is 22.1 Å². The van der Waals surface area contributed by atoms with Gasteiger partial charge in [0.25, 0.3) is 0 Å². The van der Waals surface area contributed by atoms with E-state index in [1.807, 2.05) is 39.0 Å². The van der Waals surface area contributed by atoms with E-state index in [1.54, 1.807) is 11.1 Å². The normalized spacial score (nSPS) is 23.6. The van der Waals surface area contributed by atoms with Crippen molar-refractivity contribution in [1.29, 1.82) is 0 Å². The summed E-state index contributed by atoms with van der Waals surface area (Å²) in [4.78, 5) is 33.9. The van der Waals surface area contributed by atoms with Crippen molar-refractivity contribution in [3.8, 4) is 0 Å². The van der Waals surface area contributed by atoms with Crippen molar-refractivity contribution in [1.82, 2.24) is 9.88 Å². The summed E-state index contributed by atoms with van der Waals surface area (Å²) in [7, 11) is 0. The number of aromatic nitrogens is 1. The highest BCUT2D eigenvalue weighted by Crippen LogP contribution is 2.59. The lowest BCUT2D eigenvalue weighted by atomic mass is 9.93. The quantitative estimate of drug-likeness (QED) is 0.614. The molecule has 194 valence electrons. The van der Waals surface area contributed by atoms with Crippen LogP contribution in [0.2, 0.25) is 5.02 Å². The molecule has 0 bridgehead atoms. The summed E-state index contributed by atoms with van der Waals surface area (Å²) in [5, 5.41) is 5.54. The number of halogens is 1. The highest BCUT2D eigenvalue weighted by atomic mass is 35.5. The van der Waals surface area contributed by atoms with Gasteiger partial charge in [0.15, 0.2) is 0 Å². The predicted molar refractivity (Wildman–Crippen MR) is 141 cm³/mol. The van der Waals surface area contributed by atoms with Crippen LogP contribution >= 0.6 is 11.6 Å². The first kappa shape index (κ1) is 25.1. The van der Waals surface area contributed by atoms with Crippen LogP contribution in [0.3, 0.4) is 0 Å². The predicted octanol–water partition coefficient (Wildman–Crippen LogP) is 5.09. The number of hydrogen-bond donors (Lipinski definition) is 1. The molecule has 5 rings (SSSR count). The van der Waals surface area contributed by atoms with Crippen LogP contribution in [0.15, 0.2) is 24.4 Å². The molecule has 2 amide bonds. The smallest absolute Gasteiger partial charge is 0.410 e. The van der Waals surface area contributed by atoms with Crippen molar-refractivity contribution in [3.05, 3.63) is 29.4 Å².